The van der Waals surface area contributed by atoms with E-state index in [0.717, 1.165) is 24.9 Å². The second-order valence-corrected chi connectivity index (χ2v) is 7.08. The van der Waals surface area contributed by atoms with Gasteiger partial charge in [0.15, 0.2) is 5.69 Å². The van der Waals surface area contributed by atoms with E-state index >= 15 is 0 Å². The molecule has 140 valence electrons. The molecule has 1 fully saturated rings. The van der Waals surface area contributed by atoms with Crippen LogP contribution in [0, 0.1) is 6.92 Å². The number of aromatic nitrogens is 3. The summed E-state index contributed by atoms with van der Waals surface area (Å²) < 4.78 is 5.87. The third-order valence-corrected chi connectivity index (χ3v) is 4.78. The summed E-state index contributed by atoms with van der Waals surface area (Å²) in [5.41, 5.74) is 1.64. The Morgan fingerprint density at radius 2 is 2.12 bits per heavy atom. The van der Waals surface area contributed by atoms with Crippen molar-refractivity contribution in [3.63, 3.8) is 0 Å². The molecule has 1 aliphatic carbocycles. The Balaban J connectivity index is 1.47. The lowest BCUT2D eigenvalue weighted by atomic mass is 9.98. The highest BCUT2D eigenvalue weighted by Crippen LogP contribution is 2.20. The quantitative estimate of drug-likeness (QED) is 0.748. The third-order valence-electron chi connectivity index (χ3n) is 4.55. The lowest BCUT2D eigenvalue weighted by Gasteiger charge is -2.21. The maximum absolute atomic E-state index is 12.3. The fraction of sp³-hybridized carbons (Fsp3) is 0.526. The Hall–Kier alpha value is -1.92. The molecule has 0 atom stereocenters. The van der Waals surface area contributed by atoms with Gasteiger partial charge in [0.25, 0.3) is 5.91 Å². The van der Waals surface area contributed by atoms with Crippen molar-refractivity contribution in [1.29, 1.82) is 0 Å². The van der Waals surface area contributed by atoms with E-state index < -0.39 is 0 Å². The van der Waals surface area contributed by atoms with E-state index in [4.69, 9.17) is 16.3 Å². The largest absolute Gasteiger partial charge is 0.378 e. The zero-order valence-electron chi connectivity index (χ0n) is 15.1. The van der Waals surface area contributed by atoms with Crippen LogP contribution in [0.2, 0.25) is 5.02 Å². The van der Waals surface area contributed by atoms with E-state index in [9.17, 15) is 4.79 Å². The fourth-order valence-corrected chi connectivity index (χ4v) is 3.33. The Morgan fingerprint density at radius 1 is 1.31 bits per heavy atom. The zero-order valence-corrected chi connectivity index (χ0v) is 15.8. The molecule has 6 nitrogen and oxygen atoms in total. The number of amides is 1. The number of halogens is 1. The zero-order chi connectivity index (χ0) is 18.4. The molecular weight excluding hydrogens is 352 g/mol. The van der Waals surface area contributed by atoms with Gasteiger partial charge in [0.2, 0.25) is 0 Å². The number of benzene rings is 1. The predicted molar refractivity (Wildman–Crippen MR) is 101 cm³/mol. The van der Waals surface area contributed by atoms with Crippen LogP contribution < -0.4 is 5.32 Å². The maximum Gasteiger partial charge on any atom is 0.273 e. The van der Waals surface area contributed by atoms with Crippen molar-refractivity contribution in [2.45, 2.75) is 51.6 Å². The normalized spacial score (nSPS) is 15.2. The van der Waals surface area contributed by atoms with Crippen molar-refractivity contribution < 1.29 is 9.53 Å². The maximum atomic E-state index is 12.3. The fourth-order valence-electron chi connectivity index (χ4n) is 3.14. The number of hydrogen-bond donors (Lipinski definition) is 1. The molecule has 1 N–H and O–H groups in total. The van der Waals surface area contributed by atoms with Crippen LogP contribution in [-0.2, 0) is 4.74 Å². The molecule has 0 spiro atoms. The Labute approximate surface area is 158 Å². The van der Waals surface area contributed by atoms with Crippen molar-refractivity contribution in [3.05, 3.63) is 40.7 Å². The molecule has 7 heteroatoms. The minimum atomic E-state index is -0.214. The molecule has 26 heavy (non-hydrogen) atoms. The summed E-state index contributed by atoms with van der Waals surface area (Å²) in [5, 5.41) is 12.1. The van der Waals surface area contributed by atoms with Crippen molar-refractivity contribution >= 4 is 17.5 Å². The second-order valence-electron chi connectivity index (χ2n) is 6.64. The van der Waals surface area contributed by atoms with Gasteiger partial charge in [-0.3, -0.25) is 4.79 Å². The molecule has 0 aliphatic heterocycles. The van der Waals surface area contributed by atoms with Gasteiger partial charge in [0, 0.05) is 18.2 Å². The van der Waals surface area contributed by atoms with E-state index in [1.165, 1.54) is 24.1 Å². The molecule has 1 aromatic heterocycles. The number of ether oxygens (including phenoxy) is 1. The van der Waals surface area contributed by atoms with Gasteiger partial charge >= 0.3 is 0 Å². The van der Waals surface area contributed by atoms with E-state index in [1.807, 2.05) is 12.1 Å². The van der Waals surface area contributed by atoms with E-state index in [0.29, 0.717) is 35.7 Å². The number of rotatable bonds is 7. The third kappa shape index (κ3) is 5.05. The van der Waals surface area contributed by atoms with Gasteiger partial charge in [-0.05, 0) is 44.4 Å². The summed E-state index contributed by atoms with van der Waals surface area (Å²) in [6.45, 7) is 3.02. The molecule has 0 radical (unpaired) electrons. The number of carbonyl (C=O) groups is 1. The first-order valence-electron chi connectivity index (χ1n) is 9.23. The standard InChI is InChI=1S/C19H25ClN4O2/c1-14-18(23-24(22-14)16-8-5-7-15(20)13-16)19(25)21-11-6-12-26-17-9-3-2-4-10-17/h5,7-8,13,17H,2-4,6,9-12H2,1H3,(H,21,25). The molecule has 0 unspecified atom stereocenters. The van der Waals surface area contributed by atoms with Crippen molar-refractivity contribution in [1.82, 2.24) is 20.3 Å². The summed E-state index contributed by atoms with van der Waals surface area (Å²) in [6.07, 6.45) is 7.39. The summed E-state index contributed by atoms with van der Waals surface area (Å²) in [5.74, 6) is -0.214. The van der Waals surface area contributed by atoms with E-state index in [2.05, 4.69) is 15.5 Å². The SMILES string of the molecule is Cc1nn(-c2cccc(Cl)c2)nc1C(=O)NCCCOC1CCCCC1. The topological polar surface area (TPSA) is 69.0 Å². The smallest absolute Gasteiger partial charge is 0.273 e. The van der Waals surface area contributed by atoms with Crippen molar-refractivity contribution in [2.24, 2.45) is 0 Å². The molecule has 3 rings (SSSR count). The molecule has 0 saturated heterocycles. The Kier molecular flexibility index (Phi) is 6.63. The molecule has 0 bridgehead atoms. The average Bonchev–Trinajstić information content (AvgIpc) is 3.04. The minimum Gasteiger partial charge on any atom is -0.378 e. The molecule has 1 amide bonds. The lowest BCUT2D eigenvalue weighted by Crippen LogP contribution is -2.27. The molecule has 2 aromatic rings. The summed E-state index contributed by atoms with van der Waals surface area (Å²) in [6, 6.07) is 7.20. The van der Waals surface area contributed by atoms with Crippen LogP contribution in [0.1, 0.15) is 54.7 Å². The van der Waals surface area contributed by atoms with Gasteiger partial charge in [-0.1, -0.05) is 36.9 Å². The van der Waals surface area contributed by atoms with Crippen LogP contribution in [0.15, 0.2) is 24.3 Å². The lowest BCUT2D eigenvalue weighted by molar-refractivity contribution is 0.0273. The van der Waals surface area contributed by atoms with Gasteiger partial charge in [-0.25, -0.2) is 0 Å². The number of nitrogens with zero attached hydrogens (tertiary/aromatic N) is 3. The van der Waals surface area contributed by atoms with Crippen molar-refractivity contribution in [3.8, 4) is 5.69 Å². The number of carbonyl (C=O) groups excluding carboxylic acids is 1. The van der Waals surface area contributed by atoms with Crippen molar-refractivity contribution in [2.75, 3.05) is 13.2 Å². The minimum absolute atomic E-state index is 0.214. The van der Waals surface area contributed by atoms with Gasteiger partial charge in [-0.15, -0.1) is 5.10 Å². The second kappa shape index (κ2) is 9.14. The molecular formula is C19H25ClN4O2. The summed E-state index contributed by atoms with van der Waals surface area (Å²) in [4.78, 5) is 13.8. The first-order chi connectivity index (χ1) is 12.6. The Morgan fingerprint density at radius 3 is 2.88 bits per heavy atom. The summed E-state index contributed by atoms with van der Waals surface area (Å²) >= 11 is 6.00. The molecule has 1 aromatic carbocycles. The van der Waals surface area contributed by atoms with Gasteiger partial charge < -0.3 is 10.1 Å². The summed E-state index contributed by atoms with van der Waals surface area (Å²) in [7, 11) is 0. The van der Waals surface area contributed by atoms with E-state index in [1.54, 1.807) is 19.1 Å². The van der Waals surface area contributed by atoms with Gasteiger partial charge in [0.05, 0.1) is 17.5 Å². The molecule has 1 saturated carbocycles. The van der Waals surface area contributed by atoms with E-state index in [-0.39, 0.29) is 5.91 Å². The van der Waals surface area contributed by atoms with Gasteiger partial charge in [-0.2, -0.15) is 9.90 Å². The van der Waals surface area contributed by atoms with Crippen LogP contribution in [0.3, 0.4) is 0 Å². The first-order valence-corrected chi connectivity index (χ1v) is 9.61. The number of aryl methyl sites for hydroxylation is 1. The monoisotopic (exact) mass is 376 g/mol. The van der Waals surface area contributed by atoms with Crippen LogP contribution in [-0.4, -0.2) is 40.2 Å². The van der Waals surface area contributed by atoms with Crippen LogP contribution in [0.5, 0.6) is 0 Å². The Bertz CT molecular complexity index is 741. The number of hydrogen-bond acceptors (Lipinski definition) is 4. The van der Waals surface area contributed by atoms with Crippen LogP contribution in [0.4, 0.5) is 0 Å². The molecule has 1 heterocycles. The highest BCUT2D eigenvalue weighted by Gasteiger charge is 2.16. The van der Waals surface area contributed by atoms with Crippen LogP contribution >= 0.6 is 11.6 Å². The number of nitrogens with one attached hydrogen (secondary N) is 1. The first kappa shape index (κ1) is 18.9. The van der Waals surface area contributed by atoms with Crippen LogP contribution in [0.25, 0.3) is 5.69 Å². The average molecular weight is 377 g/mol. The highest BCUT2D eigenvalue weighted by molar-refractivity contribution is 6.30. The highest BCUT2D eigenvalue weighted by atomic mass is 35.5. The van der Waals surface area contributed by atoms with Gasteiger partial charge in [0.1, 0.15) is 0 Å². The predicted octanol–water partition coefficient (Wildman–Crippen LogP) is 3.70. The molecule has 1 aliphatic rings.